The van der Waals surface area contributed by atoms with E-state index >= 15 is 0 Å². The standard InChI is InChI=1S/C19H18F2N2O3/c20-15-6-3-7-16(21)18(15)23-9-8-13(11-23)22-17(24)10-12-4-1-2-5-14(12)19(25)26/h1-7,13H,8-11H2,(H,22,24)(H,25,26). The van der Waals surface area contributed by atoms with Crippen molar-refractivity contribution in [2.24, 2.45) is 0 Å². The zero-order valence-electron chi connectivity index (χ0n) is 13.9. The van der Waals surface area contributed by atoms with Crippen molar-refractivity contribution in [3.8, 4) is 0 Å². The monoisotopic (exact) mass is 360 g/mol. The number of hydrogen-bond acceptors (Lipinski definition) is 3. The largest absolute Gasteiger partial charge is 0.478 e. The summed E-state index contributed by atoms with van der Waals surface area (Å²) >= 11 is 0. The first kappa shape index (κ1) is 17.8. The van der Waals surface area contributed by atoms with Crippen molar-refractivity contribution in [1.82, 2.24) is 5.32 Å². The van der Waals surface area contributed by atoms with E-state index in [0.29, 0.717) is 25.1 Å². The maximum Gasteiger partial charge on any atom is 0.335 e. The van der Waals surface area contributed by atoms with Crippen LogP contribution in [0.4, 0.5) is 14.5 Å². The van der Waals surface area contributed by atoms with Crippen LogP contribution < -0.4 is 10.2 Å². The summed E-state index contributed by atoms with van der Waals surface area (Å²) in [4.78, 5) is 25.0. The van der Waals surface area contributed by atoms with Crippen molar-refractivity contribution in [3.05, 3.63) is 65.2 Å². The molecule has 0 spiro atoms. The fraction of sp³-hybridized carbons (Fsp3) is 0.263. The van der Waals surface area contributed by atoms with E-state index in [2.05, 4.69) is 5.32 Å². The van der Waals surface area contributed by atoms with Crippen LogP contribution >= 0.6 is 0 Å². The van der Waals surface area contributed by atoms with E-state index in [-0.39, 0.29) is 29.6 Å². The Morgan fingerprint density at radius 3 is 2.50 bits per heavy atom. The van der Waals surface area contributed by atoms with Gasteiger partial charge in [0, 0.05) is 19.1 Å². The van der Waals surface area contributed by atoms with Gasteiger partial charge in [0.05, 0.1) is 12.0 Å². The summed E-state index contributed by atoms with van der Waals surface area (Å²) in [6.45, 7) is 0.721. The molecule has 1 fully saturated rings. The number of benzene rings is 2. The molecule has 3 rings (SSSR count). The van der Waals surface area contributed by atoms with Gasteiger partial charge in [-0.1, -0.05) is 24.3 Å². The third-order valence-electron chi connectivity index (χ3n) is 4.41. The Morgan fingerprint density at radius 1 is 1.12 bits per heavy atom. The second-order valence-electron chi connectivity index (χ2n) is 6.21. The zero-order valence-corrected chi connectivity index (χ0v) is 13.9. The average Bonchev–Trinajstić information content (AvgIpc) is 3.02. The molecule has 0 bridgehead atoms. The Labute approximate surface area is 149 Å². The van der Waals surface area contributed by atoms with Crippen LogP contribution in [0.2, 0.25) is 0 Å². The summed E-state index contributed by atoms with van der Waals surface area (Å²) in [5.41, 5.74) is 0.428. The maximum absolute atomic E-state index is 13.9. The van der Waals surface area contributed by atoms with Crippen LogP contribution in [-0.4, -0.2) is 36.1 Å². The highest BCUT2D eigenvalue weighted by atomic mass is 19.1. The molecule has 2 N–H and O–H groups in total. The second-order valence-corrected chi connectivity index (χ2v) is 6.21. The van der Waals surface area contributed by atoms with Gasteiger partial charge in [-0.05, 0) is 30.2 Å². The van der Waals surface area contributed by atoms with E-state index in [1.165, 1.54) is 24.3 Å². The number of anilines is 1. The fourth-order valence-corrected chi connectivity index (χ4v) is 3.21. The third kappa shape index (κ3) is 3.82. The summed E-state index contributed by atoms with van der Waals surface area (Å²) in [5.74, 6) is -2.67. The van der Waals surface area contributed by atoms with Gasteiger partial charge in [-0.15, -0.1) is 0 Å². The van der Waals surface area contributed by atoms with Crippen LogP contribution in [0.1, 0.15) is 22.3 Å². The van der Waals surface area contributed by atoms with Crippen LogP contribution in [-0.2, 0) is 11.2 Å². The van der Waals surface area contributed by atoms with E-state index in [9.17, 15) is 18.4 Å². The van der Waals surface area contributed by atoms with Gasteiger partial charge < -0.3 is 15.3 Å². The van der Waals surface area contributed by atoms with Gasteiger partial charge in [0.25, 0.3) is 0 Å². The van der Waals surface area contributed by atoms with Crippen molar-refractivity contribution in [2.45, 2.75) is 18.9 Å². The molecule has 0 radical (unpaired) electrons. The molecule has 26 heavy (non-hydrogen) atoms. The molecule has 2 aromatic carbocycles. The Kier molecular flexibility index (Phi) is 5.16. The summed E-state index contributed by atoms with van der Waals surface area (Å²) in [6.07, 6.45) is 0.493. The van der Waals surface area contributed by atoms with Crippen LogP contribution in [0.3, 0.4) is 0 Å². The van der Waals surface area contributed by atoms with Gasteiger partial charge in [-0.25, -0.2) is 13.6 Å². The van der Waals surface area contributed by atoms with E-state index in [1.54, 1.807) is 23.1 Å². The van der Waals surface area contributed by atoms with Crippen molar-refractivity contribution >= 4 is 17.6 Å². The van der Waals surface area contributed by atoms with Gasteiger partial charge in [-0.3, -0.25) is 4.79 Å². The van der Waals surface area contributed by atoms with E-state index in [4.69, 9.17) is 5.11 Å². The lowest BCUT2D eigenvalue weighted by Crippen LogP contribution is -2.38. The van der Waals surface area contributed by atoms with Crippen molar-refractivity contribution in [1.29, 1.82) is 0 Å². The molecule has 0 aromatic heterocycles. The molecule has 5 nitrogen and oxygen atoms in total. The van der Waals surface area contributed by atoms with E-state index < -0.39 is 17.6 Å². The van der Waals surface area contributed by atoms with Crippen molar-refractivity contribution in [2.75, 3.05) is 18.0 Å². The molecule has 1 unspecified atom stereocenters. The number of carbonyl (C=O) groups excluding carboxylic acids is 1. The Bertz CT molecular complexity index is 821. The predicted octanol–water partition coefficient (Wildman–Crippen LogP) is 2.60. The molecule has 2 aromatic rings. The maximum atomic E-state index is 13.9. The lowest BCUT2D eigenvalue weighted by molar-refractivity contribution is -0.121. The molecule has 1 amide bonds. The minimum absolute atomic E-state index is 0.0625. The lowest BCUT2D eigenvalue weighted by Gasteiger charge is -2.20. The minimum Gasteiger partial charge on any atom is -0.478 e. The van der Waals surface area contributed by atoms with Crippen LogP contribution in [0.15, 0.2) is 42.5 Å². The lowest BCUT2D eigenvalue weighted by atomic mass is 10.0. The Morgan fingerprint density at radius 2 is 1.81 bits per heavy atom. The van der Waals surface area contributed by atoms with Crippen molar-refractivity contribution in [3.63, 3.8) is 0 Å². The first-order chi connectivity index (χ1) is 12.5. The first-order valence-corrected chi connectivity index (χ1v) is 8.25. The van der Waals surface area contributed by atoms with Gasteiger partial charge in [0.2, 0.25) is 5.91 Å². The molecule has 1 atom stereocenters. The highest BCUT2D eigenvalue weighted by Gasteiger charge is 2.27. The number of nitrogens with one attached hydrogen (secondary N) is 1. The molecule has 1 saturated heterocycles. The molecule has 1 heterocycles. The molecular formula is C19H18F2N2O3. The number of hydrogen-bond donors (Lipinski definition) is 2. The highest BCUT2D eigenvalue weighted by molar-refractivity contribution is 5.91. The predicted molar refractivity (Wildman–Crippen MR) is 92.2 cm³/mol. The van der Waals surface area contributed by atoms with Gasteiger partial charge in [0.1, 0.15) is 17.3 Å². The van der Waals surface area contributed by atoms with Crippen LogP contribution in [0.25, 0.3) is 0 Å². The molecule has 1 aliphatic heterocycles. The SMILES string of the molecule is O=C(Cc1ccccc1C(=O)O)NC1CCN(c2c(F)cccc2F)C1. The van der Waals surface area contributed by atoms with Gasteiger partial charge >= 0.3 is 5.97 Å². The van der Waals surface area contributed by atoms with Crippen LogP contribution in [0, 0.1) is 11.6 Å². The Balaban J connectivity index is 1.63. The Hall–Kier alpha value is -2.96. The first-order valence-electron chi connectivity index (χ1n) is 8.25. The number of para-hydroxylation sites is 1. The highest BCUT2D eigenvalue weighted by Crippen LogP contribution is 2.26. The normalized spacial score (nSPS) is 16.5. The fourth-order valence-electron chi connectivity index (χ4n) is 3.21. The van der Waals surface area contributed by atoms with Gasteiger partial charge in [-0.2, -0.15) is 0 Å². The number of aromatic carboxylic acids is 1. The summed E-state index contributed by atoms with van der Waals surface area (Å²) in [7, 11) is 0. The molecule has 136 valence electrons. The smallest absolute Gasteiger partial charge is 0.335 e. The molecule has 0 aliphatic carbocycles. The summed E-state index contributed by atoms with van der Waals surface area (Å²) < 4.78 is 27.7. The quantitative estimate of drug-likeness (QED) is 0.860. The number of carboxylic acid groups (broad SMARTS) is 1. The number of halogens is 2. The van der Waals surface area contributed by atoms with Gasteiger partial charge in [0.15, 0.2) is 0 Å². The number of carbonyl (C=O) groups is 2. The van der Waals surface area contributed by atoms with E-state index in [0.717, 1.165) is 0 Å². The zero-order chi connectivity index (χ0) is 18.7. The third-order valence-corrected chi connectivity index (χ3v) is 4.41. The minimum atomic E-state index is -1.09. The number of rotatable bonds is 5. The number of nitrogens with zero attached hydrogens (tertiary/aromatic N) is 1. The second kappa shape index (κ2) is 7.51. The summed E-state index contributed by atoms with van der Waals surface area (Å²) in [6, 6.07) is 9.78. The molecule has 1 aliphatic rings. The van der Waals surface area contributed by atoms with Crippen LogP contribution in [0.5, 0.6) is 0 Å². The summed E-state index contributed by atoms with van der Waals surface area (Å²) in [5, 5.41) is 12.0. The molecular weight excluding hydrogens is 342 g/mol. The van der Waals surface area contributed by atoms with E-state index in [1.807, 2.05) is 0 Å². The number of amides is 1. The van der Waals surface area contributed by atoms with Crippen molar-refractivity contribution < 1.29 is 23.5 Å². The molecule has 7 heteroatoms. The number of carboxylic acids is 1. The topological polar surface area (TPSA) is 69.6 Å². The average molecular weight is 360 g/mol. The molecule has 0 saturated carbocycles.